The molecule has 0 aromatic heterocycles. The molecule has 1 aliphatic rings. The van der Waals surface area contributed by atoms with Crippen LogP contribution < -0.4 is 0 Å². The number of nitrogens with zero attached hydrogens (tertiary/aromatic N) is 1. The number of benzene rings is 1. The summed E-state index contributed by atoms with van der Waals surface area (Å²) in [6, 6.07) is 8.08. The molecule has 104 valence electrons. The lowest BCUT2D eigenvalue weighted by molar-refractivity contribution is -0.140. The van der Waals surface area contributed by atoms with Crippen LogP contribution in [0.2, 0.25) is 0 Å². The third kappa shape index (κ3) is 3.00. The Balaban J connectivity index is 2.44. The molecular weight excluding hydrogens is 306 g/mol. The first kappa shape index (κ1) is 14.5. The molecule has 1 heterocycles. The summed E-state index contributed by atoms with van der Waals surface area (Å²) in [6.07, 6.45) is 3.31. The molecule has 0 radical (unpaired) electrons. The maximum absolute atomic E-state index is 11.4. The van der Waals surface area contributed by atoms with E-state index < -0.39 is 5.97 Å². The largest absolute Gasteiger partial charge is 0.481 e. The van der Waals surface area contributed by atoms with Gasteiger partial charge in [-0.25, -0.2) is 0 Å². The Bertz CT molecular complexity index is 457. The van der Waals surface area contributed by atoms with Crippen LogP contribution in [0, 0.1) is 0 Å². The van der Waals surface area contributed by atoms with E-state index in [-0.39, 0.29) is 12.0 Å². The van der Waals surface area contributed by atoms with Crippen LogP contribution in [0.1, 0.15) is 38.2 Å². The SMILES string of the molecule is CCC(CC(=O)O)(c1cccc(Br)c1)N1CCCC1. The van der Waals surface area contributed by atoms with Crippen molar-refractivity contribution in [2.24, 2.45) is 0 Å². The third-order valence-electron chi connectivity index (χ3n) is 4.10. The first-order valence-corrected chi connectivity index (χ1v) is 7.60. The molecule has 1 N–H and O–H groups in total. The summed E-state index contributed by atoms with van der Waals surface area (Å²) in [7, 11) is 0. The van der Waals surface area contributed by atoms with E-state index in [1.807, 2.05) is 12.1 Å². The van der Waals surface area contributed by atoms with Gasteiger partial charge in [0.15, 0.2) is 0 Å². The molecule has 1 aromatic carbocycles. The van der Waals surface area contributed by atoms with Gasteiger partial charge in [0.1, 0.15) is 0 Å². The number of carboxylic acid groups (broad SMARTS) is 1. The summed E-state index contributed by atoms with van der Waals surface area (Å²) in [5.74, 6) is -0.728. The van der Waals surface area contributed by atoms with Gasteiger partial charge in [0.05, 0.1) is 12.0 Å². The number of carbonyl (C=O) groups is 1. The molecule has 4 heteroatoms. The summed E-state index contributed by atoms with van der Waals surface area (Å²) >= 11 is 3.49. The highest BCUT2D eigenvalue weighted by Gasteiger charge is 2.40. The minimum atomic E-state index is -0.728. The van der Waals surface area contributed by atoms with Gasteiger partial charge < -0.3 is 5.11 Å². The average molecular weight is 326 g/mol. The predicted octanol–water partition coefficient (Wildman–Crippen LogP) is 3.62. The predicted molar refractivity (Wildman–Crippen MR) is 79.2 cm³/mol. The molecule has 2 rings (SSSR count). The standard InChI is InChI=1S/C15H20BrNO2/c1-2-15(11-14(18)19,17-8-3-4-9-17)12-6-5-7-13(16)10-12/h5-7,10H,2-4,8-9,11H2,1H3,(H,18,19). The Morgan fingerprint density at radius 3 is 2.63 bits per heavy atom. The maximum atomic E-state index is 11.4. The highest BCUT2D eigenvalue weighted by molar-refractivity contribution is 9.10. The summed E-state index contributed by atoms with van der Waals surface area (Å²) < 4.78 is 1.01. The van der Waals surface area contributed by atoms with E-state index in [1.165, 1.54) is 0 Å². The van der Waals surface area contributed by atoms with Crippen LogP contribution in [-0.2, 0) is 10.3 Å². The molecule has 1 aromatic rings. The van der Waals surface area contributed by atoms with Crippen molar-refractivity contribution in [3.63, 3.8) is 0 Å². The van der Waals surface area contributed by atoms with Crippen LogP contribution in [0.15, 0.2) is 28.7 Å². The van der Waals surface area contributed by atoms with Gasteiger partial charge in [-0.3, -0.25) is 9.69 Å². The molecule has 1 saturated heterocycles. The van der Waals surface area contributed by atoms with Crippen molar-refractivity contribution in [2.75, 3.05) is 13.1 Å². The fraction of sp³-hybridized carbons (Fsp3) is 0.533. The van der Waals surface area contributed by atoms with Crippen molar-refractivity contribution in [1.82, 2.24) is 4.90 Å². The molecule has 0 bridgehead atoms. The molecule has 0 amide bonds. The van der Waals surface area contributed by atoms with E-state index >= 15 is 0 Å². The van der Waals surface area contributed by atoms with Crippen molar-refractivity contribution in [3.8, 4) is 0 Å². The van der Waals surface area contributed by atoms with Crippen molar-refractivity contribution in [2.45, 2.75) is 38.1 Å². The van der Waals surface area contributed by atoms with E-state index in [2.05, 4.69) is 39.9 Å². The Hall–Kier alpha value is -0.870. The lowest BCUT2D eigenvalue weighted by Gasteiger charge is -2.41. The fourth-order valence-corrected chi connectivity index (χ4v) is 3.52. The van der Waals surface area contributed by atoms with Gasteiger partial charge in [-0.2, -0.15) is 0 Å². The number of aliphatic carboxylic acids is 1. The zero-order chi connectivity index (χ0) is 13.9. The molecule has 1 atom stereocenters. The van der Waals surface area contributed by atoms with E-state index in [1.54, 1.807) is 0 Å². The van der Waals surface area contributed by atoms with Gasteiger partial charge in [0, 0.05) is 4.47 Å². The van der Waals surface area contributed by atoms with Crippen LogP contribution >= 0.6 is 15.9 Å². The normalized spacial score (nSPS) is 19.3. The van der Waals surface area contributed by atoms with E-state index in [0.717, 1.165) is 42.4 Å². The molecule has 1 fully saturated rings. The average Bonchev–Trinajstić information content (AvgIpc) is 2.90. The van der Waals surface area contributed by atoms with Gasteiger partial charge in [-0.15, -0.1) is 0 Å². The Morgan fingerprint density at radius 1 is 1.42 bits per heavy atom. The topological polar surface area (TPSA) is 40.5 Å². The second-order valence-corrected chi connectivity index (χ2v) is 6.08. The van der Waals surface area contributed by atoms with Crippen LogP contribution in [0.4, 0.5) is 0 Å². The van der Waals surface area contributed by atoms with Crippen molar-refractivity contribution >= 4 is 21.9 Å². The molecule has 0 spiro atoms. The quantitative estimate of drug-likeness (QED) is 0.898. The van der Waals surface area contributed by atoms with Crippen molar-refractivity contribution < 1.29 is 9.90 Å². The molecule has 0 aliphatic carbocycles. The highest BCUT2D eigenvalue weighted by Crippen LogP contribution is 2.38. The highest BCUT2D eigenvalue weighted by atomic mass is 79.9. The Kier molecular flexibility index (Phi) is 4.63. The molecule has 1 aliphatic heterocycles. The Labute approximate surface area is 122 Å². The zero-order valence-electron chi connectivity index (χ0n) is 11.2. The number of hydrogen-bond donors (Lipinski definition) is 1. The monoisotopic (exact) mass is 325 g/mol. The summed E-state index contributed by atoms with van der Waals surface area (Å²) in [6.45, 7) is 4.07. The van der Waals surface area contributed by atoms with Gasteiger partial charge >= 0.3 is 5.97 Å². The number of likely N-dealkylation sites (tertiary alicyclic amines) is 1. The number of carboxylic acids is 1. The van der Waals surface area contributed by atoms with Crippen LogP contribution in [0.25, 0.3) is 0 Å². The van der Waals surface area contributed by atoms with Crippen LogP contribution in [0.3, 0.4) is 0 Å². The second kappa shape index (κ2) is 6.06. The van der Waals surface area contributed by atoms with E-state index in [9.17, 15) is 9.90 Å². The van der Waals surface area contributed by atoms with Crippen molar-refractivity contribution in [1.29, 1.82) is 0 Å². The third-order valence-corrected chi connectivity index (χ3v) is 4.60. The number of hydrogen-bond acceptors (Lipinski definition) is 2. The Morgan fingerprint density at radius 2 is 2.11 bits per heavy atom. The van der Waals surface area contributed by atoms with Crippen LogP contribution in [-0.4, -0.2) is 29.1 Å². The lowest BCUT2D eigenvalue weighted by atomic mass is 9.82. The minimum absolute atomic E-state index is 0.167. The van der Waals surface area contributed by atoms with Crippen molar-refractivity contribution in [3.05, 3.63) is 34.3 Å². The smallest absolute Gasteiger partial charge is 0.305 e. The molecule has 1 unspecified atom stereocenters. The van der Waals surface area contributed by atoms with Gasteiger partial charge in [0.2, 0.25) is 0 Å². The lowest BCUT2D eigenvalue weighted by Crippen LogP contribution is -2.45. The van der Waals surface area contributed by atoms with Gasteiger partial charge in [-0.05, 0) is 50.0 Å². The first-order valence-electron chi connectivity index (χ1n) is 6.81. The minimum Gasteiger partial charge on any atom is -0.481 e. The van der Waals surface area contributed by atoms with E-state index in [0.29, 0.717) is 0 Å². The van der Waals surface area contributed by atoms with E-state index in [4.69, 9.17) is 0 Å². The zero-order valence-corrected chi connectivity index (χ0v) is 12.8. The molecule has 3 nitrogen and oxygen atoms in total. The molecular formula is C15H20BrNO2. The van der Waals surface area contributed by atoms with Gasteiger partial charge in [-0.1, -0.05) is 35.0 Å². The summed E-state index contributed by atoms with van der Waals surface area (Å²) in [5, 5.41) is 9.33. The van der Waals surface area contributed by atoms with Gasteiger partial charge in [0.25, 0.3) is 0 Å². The maximum Gasteiger partial charge on any atom is 0.305 e. The number of rotatable bonds is 5. The first-order chi connectivity index (χ1) is 9.08. The van der Waals surface area contributed by atoms with Crippen LogP contribution in [0.5, 0.6) is 0 Å². The number of halogens is 1. The summed E-state index contributed by atoms with van der Waals surface area (Å²) in [4.78, 5) is 13.7. The molecule has 0 saturated carbocycles. The second-order valence-electron chi connectivity index (χ2n) is 5.16. The summed E-state index contributed by atoms with van der Waals surface area (Å²) in [5.41, 5.74) is 0.736. The fourth-order valence-electron chi connectivity index (χ4n) is 3.12. The molecule has 19 heavy (non-hydrogen) atoms.